The number of urea groups is 1. The van der Waals surface area contributed by atoms with Gasteiger partial charge in [-0.25, -0.2) is 24.3 Å². The number of benzene rings is 2. The molecule has 3 heterocycles. The van der Waals surface area contributed by atoms with E-state index in [-0.39, 0.29) is 30.3 Å². The summed E-state index contributed by atoms with van der Waals surface area (Å²) in [6, 6.07) is 20.3. The van der Waals surface area contributed by atoms with Crippen LogP contribution < -0.4 is 0 Å². The normalized spacial score (nSPS) is 18.2. The fourth-order valence-corrected chi connectivity index (χ4v) is 6.04. The lowest BCUT2D eigenvalue weighted by molar-refractivity contribution is 0.0696. The van der Waals surface area contributed by atoms with E-state index in [4.69, 9.17) is 9.84 Å². The molecular weight excluding hydrogens is 528 g/mol. The Hall–Kier alpha value is -3.89. The molecule has 5 rings (SSSR count). The lowest BCUT2D eigenvalue weighted by Crippen LogP contribution is -2.47. The number of nitrogens with zero attached hydrogens (tertiary/aromatic N) is 4. The zero-order valence-electron chi connectivity index (χ0n) is 22.3. The second-order valence-electron chi connectivity index (χ2n) is 9.87. The molecule has 0 radical (unpaired) electrons. The molecule has 0 spiro atoms. The maximum Gasteiger partial charge on any atom is 0.418 e. The van der Waals surface area contributed by atoms with E-state index in [0.29, 0.717) is 6.54 Å². The molecule has 10 heteroatoms. The van der Waals surface area contributed by atoms with E-state index in [1.54, 1.807) is 31.2 Å². The summed E-state index contributed by atoms with van der Waals surface area (Å²) in [6.07, 6.45) is 2.94. The van der Waals surface area contributed by atoms with Crippen LogP contribution in [0.4, 0.5) is 9.59 Å². The van der Waals surface area contributed by atoms with Crippen LogP contribution in [0, 0.1) is 0 Å². The van der Waals surface area contributed by atoms with Gasteiger partial charge in [0.25, 0.3) is 0 Å². The Balaban J connectivity index is 1.18. The number of hydrogen-bond donors (Lipinski definition) is 1. The van der Waals surface area contributed by atoms with Gasteiger partial charge in [0.15, 0.2) is 0 Å². The van der Waals surface area contributed by atoms with Gasteiger partial charge in [-0.2, -0.15) is 0 Å². The van der Waals surface area contributed by atoms with Crippen molar-refractivity contribution in [3.05, 3.63) is 89.6 Å². The molecule has 1 aromatic heterocycles. The van der Waals surface area contributed by atoms with Crippen LogP contribution in [0.15, 0.2) is 82.8 Å². The summed E-state index contributed by atoms with van der Waals surface area (Å²) in [4.78, 5) is 47.9. The molecule has 40 heavy (non-hydrogen) atoms. The number of aromatic carboxylic acids is 1. The van der Waals surface area contributed by atoms with Gasteiger partial charge in [0.05, 0.1) is 24.8 Å². The monoisotopic (exact) mass is 560 g/mol. The van der Waals surface area contributed by atoms with Gasteiger partial charge in [0.2, 0.25) is 0 Å². The first-order chi connectivity index (χ1) is 19.4. The Kier molecular flexibility index (Phi) is 8.66. The summed E-state index contributed by atoms with van der Waals surface area (Å²) in [5, 5.41) is 9.90. The van der Waals surface area contributed by atoms with Crippen molar-refractivity contribution in [2.45, 2.75) is 48.3 Å². The average molecular weight is 561 g/mol. The van der Waals surface area contributed by atoms with Gasteiger partial charge in [-0.1, -0.05) is 48.2 Å². The van der Waals surface area contributed by atoms with Crippen molar-refractivity contribution < 1.29 is 24.2 Å². The molecule has 1 atom stereocenters. The summed E-state index contributed by atoms with van der Waals surface area (Å²) in [7, 11) is 0. The third kappa shape index (κ3) is 6.29. The summed E-state index contributed by atoms with van der Waals surface area (Å²) in [6.45, 7) is 4.70. The number of carbonyl (C=O) groups is 3. The van der Waals surface area contributed by atoms with Crippen molar-refractivity contribution in [1.29, 1.82) is 0 Å². The molecule has 3 aromatic rings. The predicted molar refractivity (Wildman–Crippen MR) is 150 cm³/mol. The Labute approximate surface area is 237 Å². The lowest BCUT2D eigenvalue weighted by atomic mass is 9.99. The average Bonchev–Trinajstić information content (AvgIpc) is 3.32. The highest BCUT2D eigenvalue weighted by molar-refractivity contribution is 7.99. The molecule has 2 aromatic carbocycles. The second-order valence-corrected chi connectivity index (χ2v) is 11.0. The molecule has 0 aliphatic carbocycles. The van der Waals surface area contributed by atoms with Gasteiger partial charge in [-0.15, -0.1) is 0 Å². The van der Waals surface area contributed by atoms with Crippen LogP contribution in [0.1, 0.15) is 47.3 Å². The summed E-state index contributed by atoms with van der Waals surface area (Å²) >= 11 is 1.49. The van der Waals surface area contributed by atoms with Gasteiger partial charge >= 0.3 is 18.1 Å². The lowest BCUT2D eigenvalue weighted by Gasteiger charge is -2.38. The zero-order valence-corrected chi connectivity index (χ0v) is 23.1. The van der Waals surface area contributed by atoms with E-state index >= 15 is 0 Å². The molecule has 2 fully saturated rings. The van der Waals surface area contributed by atoms with Crippen LogP contribution in [0.2, 0.25) is 0 Å². The Morgan fingerprint density at radius 1 is 1.02 bits per heavy atom. The first-order valence-electron chi connectivity index (χ1n) is 13.4. The summed E-state index contributed by atoms with van der Waals surface area (Å²) < 4.78 is 5.16. The summed E-state index contributed by atoms with van der Waals surface area (Å²) in [5.41, 5.74) is 2.39. The largest absolute Gasteiger partial charge is 0.478 e. The van der Waals surface area contributed by atoms with E-state index in [1.807, 2.05) is 47.5 Å². The highest BCUT2D eigenvalue weighted by Crippen LogP contribution is 2.35. The second kappa shape index (κ2) is 12.5. The van der Waals surface area contributed by atoms with Crippen LogP contribution in [-0.4, -0.2) is 75.2 Å². The van der Waals surface area contributed by atoms with Gasteiger partial charge < -0.3 is 14.7 Å². The van der Waals surface area contributed by atoms with Crippen LogP contribution in [-0.2, 0) is 11.3 Å². The third-order valence-electron chi connectivity index (χ3n) is 7.29. The van der Waals surface area contributed by atoms with Crippen molar-refractivity contribution in [3.8, 4) is 0 Å². The van der Waals surface area contributed by atoms with Crippen LogP contribution in [0.3, 0.4) is 0 Å². The Bertz CT molecular complexity index is 1330. The number of carbonyl (C=O) groups excluding carboxylic acids is 2. The summed E-state index contributed by atoms with van der Waals surface area (Å²) in [5.74, 6) is -0.940. The van der Waals surface area contributed by atoms with E-state index < -0.39 is 12.1 Å². The van der Waals surface area contributed by atoms with E-state index in [9.17, 15) is 14.4 Å². The fourth-order valence-electron chi connectivity index (χ4n) is 5.28. The number of ether oxygens (including phenoxy) is 1. The number of imide groups is 1. The minimum Gasteiger partial charge on any atom is -0.478 e. The number of carboxylic acid groups (broad SMARTS) is 1. The van der Waals surface area contributed by atoms with E-state index in [2.05, 4.69) is 16.0 Å². The topological polar surface area (TPSA) is 103 Å². The quantitative estimate of drug-likeness (QED) is 0.384. The number of hydrogen-bond acceptors (Lipinski definition) is 7. The first kappa shape index (κ1) is 27.7. The molecule has 2 saturated heterocycles. The van der Waals surface area contributed by atoms with Crippen molar-refractivity contribution >= 4 is 29.9 Å². The molecule has 0 bridgehead atoms. The maximum atomic E-state index is 13.4. The Morgan fingerprint density at radius 2 is 1.75 bits per heavy atom. The molecule has 0 saturated carbocycles. The van der Waals surface area contributed by atoms with Gasteiger partial charge in [-0.05, 0) is 61.2 Å². The molecule has 9 nitrogen and oxygen atoms in total. The number of pyridine rings is 1. The number of rotatable bonds is 8. The van der Waals surface area contributed by atoms with Gasteiger partial charge in [-0.3, -0.25) is 4.90 Å². The zero-order chi connectivity index (χ0) is 28.1. The van der Waals surface area contributed by atoms with E-state index in [0.717, 1.165) is 53.5 Å². The fraction of sp³-hybridized carbons (Fsp3) is 0.333. The number of carboxylic acids is 1. The van der Waals surface area contributed by atoms with Crippen molar-refractivity contribution in [2.24, 2.45) is 0 Å². The predicted octanol–water partition coefficient (Wildman–Crippen LogP) is 5.53. The molecule has 208 valence electrons. The highest BCUT2D eigenvalue weighted by Gasteiger charge is 2.45. The molecular formula is C30H32N4O5S. The maximum absolute atomic E-state index is 13.4. The van der Waals surface area contributed by atoms with Gasteiger partial charge in [0, 0.05) is 36.8 Å². The van der Waals surface area contributed by atoms with Crippen molar-refractivity contribution in [3.63, 3.8) is 0 Å². The third-order valence-corrected chi connectivity index (χ3v) is 8.25. The molecule has 1 N–H and O–H groups in total. The number of piperidine rings is 1. The molecule has 2 aliphatic heterocycles. The van der Waals surface area contributed by atoms with Crippen LogP contribution in [0.25, 0.3) is 0 Å². The van der Waals surface area contributed by atoms with Crippen molar-refractivity contribution in [1.82, 2.24) is 19.7 Å². The molecule has 2 aliphatic rings. The standard InChI is InChI=1S/C30H32N4O5S/c1-2-39-30(38)33-20-26(22-6-4-3-5-7-22)34(29(33)37)24-14-16-32(17-15-24)19-21-8-13-27(31-18-21)40-25-11-9-23(10-12-25)28(35)36/h3-13,18,24,26H,2,14-17,19-20H2,1H3,(H,35,36)/t26-/m0/s1. The molecule has 3 amide bonds. The smallest absolute Gasteiger partial charge is 0.418 e. The number of likely N-dealkylation sites (tertiary alicyclic amines) is 1. The van der Waals surface area contributed by atoms with Crippen molar-refractivity contribution in [2.75, 3.05) is 26.2 Å². The molecule has 0 unspecified atom stereocenters. The minimum absolute atomic E-state index is 0.0396. The van der Waals surface area contributed by atoms with Gasteiger partial charge in [0.1, 0.15) is 5.03 Å². The first-order valence-corrected chi connectivity index (χ1v) is 14.2. The van der Waals surface area contributed by atoms with Crippen LogP contribution in [0.5, 0.6) is 0 Å². The van der Waals surface area contributed by atoms with E-state index in [1.165, 1.54) is 16.7 Å². The highest BCUT2D eigenvalue weighted by atomic mass is 32.2. The number of aromatic nitrogens is 1. The number of amides is 3. The Morgan fingerprint density at radius 3 is 2.38 bits per heavy atom. The van der Waals surface area contributed by atoms with Crippen LogP contribution >= 0.6 is 11.8 Å². The SMILES string of the molecule is CCOC(=O)N1C[C@@H](c2ccccc2)N(C2CCN(Cc3ccc(Sc4ccc(C(=O)O)cc4)nc3)CC2)C1=O. The minimum atomic E-state index is -0.940.